The Balaban J connectivity index is 3.28. The van der Waals surface area contributed by atoms with Gasteiger partial charge in [0.05, 0.1) is 12.2 Å². The summed E-state index contributed by atoms with van der Waals surface area (Å²) in [5.41, 5.74) is 0. The Morgan fingerprint density at radius 3 is 1.30 bits per heavy atom. The predicted octanol–water partition coefficient (Wildman–Crippen LogP) is 6.36. The Hall–Kier alpha value is -0.120. The molecule has 0 fully saturated rings. The molecule has 0 aromatic carbocycles. The molecule has 164 valence electrons. The van der Waals surface area contributed by atoms with Gasteiger partial charge in [-0.05, 0) is 20.3 Å². The van der Waals surface area contributed by atoms with Gasteiger partial charge in [-0.25, -0.2) is 0 Å². The van der Waals surface area contributed by atoms with Crippen molar-refractivity contribution in [1.82, 2.24) is 5.32 Å². The predicted molar refractivity (Wildman–Crippen MR) is 119 cm³/mol. The number of aliphatic hydroxyl groups excluding tert-OH is 2. The first kappa shape index (κ1) is 26.9. The Morgan fingerprint density at radius 1 is 0.593 bits per heavy atom. The van der Waals surface area contributed by atoms with Gasteiger partial charge >= 0.3 is 0 Å². The zero-order valence-corrected chi connectivity index (χ0v) is 18.9. The molecular weight excluding hydrogens is 334 g/mol. The van der Waals surface area contributed by atoms with E-state index < -0.39 is 0 Å². The van der Waals surface area contributed by atoms with Crippen molar-refractivity contribution in [2.24, 2.45) is 0 Å². The lowest BCUT2D eigenvalue weighted by molar-refractivity contribution is 0.121. The second-order valence-corrected chi connectivity index (χ2v) is 8.70. The Morgan fingerprint density at radius 2 is 0.963 bits per heavy atom. The third kappa shape index (κ3) is 20.4. The SMILES string of the molecule is CCCCCCCCCCCCCCCCCCC(NCC(C)O)C(C)O. The maximum absolute atomic E-state index is 9.81. The molecule has 0 amide bonds. The molecule has 3 N–H and O–H groups in total. The molecule has 0 aromatic heterocycles. The van der Waals surface area contributed by atoms with Crippen LogP contribution in [0.25, 0.3) is 0 Å². The zero-order valence-electron chi connectivity index (χ0n) is 18.9. The van der Waals surface area contributed by atoms with Gasteiger partial charge in [-0.2, -0.15) is 0 Å². The van der Waals surface area contributed by atoms with E-state index >= 15 is 0 Å². The summed E-state index contributed by atoms with van der Waals surface area (Å²) >= 11 is 0. The molecule has 0 bridgehead atoms. The largest absolute Gasteiger partial charge is 0.392 e. The Kier molecular flexibility index (Phi) is 20.5. The van der Waals surface area contributed by atoms with Crippen molar-refractivity contribution in [3.05, 3.63) is 0 Å². The zero-order chi connectivity index (χ0) is 20.2. The first-order valence-corrected chi connectivity index (χ1v) is 12.2. The molecule has 0 heterocycles. The summed E-state index contributed by atoms with van der Waals surface area (Å²) in [7, 11) is 0. The van der Waals surface area contributed by atoms with Crippen LogP contribution in [0.15, 0.2) is 0 Å². The van der Waals surface area contributed by atoms with Crippen LogP contribution in [0, 0.1) is 0 Å². The monoisotopic (exact) mass is 385 g/mol. The molecule has 0 spiro atoms. The highest BCUT2D eigenvalue weighted by atomic mass is 16.3. The van der Waals surface area contributed by atoms with E-state index in [0.29, 0.717) is 6.54 Å². The van der Waals surface area contributed by atoms with Crippen molar-refractivity contribution in [2.75, 3.05) is 6.54 Å². The van der Waals surface area contributed by atoms with Crippen molar-refractivity contribution in [3.8, 4) is 0 Å². The third-order valence-electron chi connectivity index (χ3n) is 5.63. The van der Waals surface area contributed by atoms with Crippen LogP contribution in [0.4, 0.5) is 0 Å². The third-order valence-corrected chi connectivity index (χ3v) is 5.63. The fourth-order valence-electron chi connectivity index (χ4n) is 3.75. The molecule has 0 radical (unpaired) electrons. The van der Waals surface area contributed by atoms with Gasteiger partial charge in [-0.15, -0.1) is 0 Å². The molecule has 0 rings (SSSR count). The van der Waals surface area contributed by atoms with E-state index in [2.05, 4.69) is 12.2 Å². The minimum Gasteiger partial charge on any atom is -0.392 e. The summed E-state index contributed by atoms with van der Waals surface area (Å²) in [6.07, 6.45) is 22.5. The van der Waals surface area contributed by atoms with E-state index in [1.54, 1.807) is 6.92 Å². The van der Waals surface area contributed by atoms with Crippen LogP contribution in [-0.2, 0) is 0 Å². The Bertz CT molecular complexity index is 282. The lowest BCUT2D eigenvalue weighted by atomic mass is 10.0. The lowest BCUT2D eigenvalue weighted by Gasteiger charge is -2.22. The summed E-state index contributed by atoms with van der Waals surface area (Å²) < 4.78 is 0. The van der Waals surface area contributed by atoms with E-state index in [9.17, 15) is 10.2 Å². The summed E-state index contributed by atoms with van der Waals surface area (Å²) in [6, 6.07) is 0.117. The van der Waals surface area contributed by atoms with Crippen molar-refractivity contribution < 1.29 is 10.2 Å². The van der Waals surface area contributed by atoms with Gasteiger partial charge < -0.3 is 15.5 Å². The summed E-state index contributed by atoms with van der Waals surface area (Å²) in [5.74, 6) is 0. The van der Waals surface area contributed by atoms with Crippen LogP contribution in [0.1, 0.15) is 130 Å². The van der Waals surface area contributed by atoms with Crippen LogP contribution in [0.2, 0.25) is 0 Å². The topological polar surface area (TPSA) is 52.5 Å². The van der Waals surface area contributed by atoms with Crippen molar-refractivity contribution in [1.29, 1.82) is 0 Å². The molecule has 3 heteroatoms. The molecule has 3 unspecified atom stereocenters. The van der Waals surface area contributed by atoms with Crippen LogP contribution in [-0.4, -0.2) is 35.0 Å². The van der Waals surface area contributed by atoms with Crippen molar-refractivity contribution in [3.63, 3.8) is 0 Å². The van der Waals surface area contributed by atoms with Crippen LogP contribution in [0.5, 0.6) is 0 Å². The highest BCUT2D eigenvalue weighted by molar-refractivity contribution is 4.73. The molecule has 0 saturated heterocycles. The van der Waals surface area contributed by atoms with Crippen molar-refractivity contribution >= 4 is 0 Å². The molecule has 0 saturated carbocycles. The van der Waals surface area contributed by atoms with E-state index in [4.69, 9.17) is 0 Å². The first-order valence-electron chi connectivity index (χ1n) is 12.2. The van der Waals surface area contributed by atoms with Gasteiger partial charge in [0.25, 0.3) is 0 Å². The van der Waals surface area contributed by atoms with Gasteiger partial charge in [-0.1, -0.05) is 110 Å². The normalized spacial score (nSPS) is 15.0. The van der Waals surface area contributed by atoms with Gasteiger partial charge in [0, 0.05) is 12.6 Å². The molecular formula is C24H51NO2. The minimum absolute atomic E-state index is 0.117. The van der Waals surface area contributed by atoms with E-state index in [1.165, 1.54) is 103 Å². The van der Waals surface area contributed by atoms with E-state index in [-0.39, 0.29) is 18.2 Å². The average Bonchev–Trinajstić information content (AvgIpc) is 2.63. The highest BCUT2D eigenvalue weighted by Crippen LogP contribution is 2.14. The van der Waals surface area contributed by atoms with Gasteiger partial charge in [-0.3, -0.25) is 0 Å². The average molecular weight is 386 g/mol. The van der Waals surface area contributed by atoms with Gasteiger partial charge in [0.15, 0.2) is 0 Å². The molecule has 3 atom stereocenters. The number of hydrogen-bond acceptors (Lipinski definition) is 3. The van der Waals surface area contributed by atoms with Crippen LogP contribution >= 0.6 is 0 Å². The second-order valence-electron chi connectivity index (χ2n) is 8.70. The van der Waals surface area contributed by atoms with Crippen LogP contribution < -0.4 is 5.32 Å². The number of nitrogens with one attached hydrogen (secondary N) is 1. The number of aliphatic hydroxyl groups is 2. The smallest absolute Gasteiger partial charge is 0.0665 e. The molecule has 0 aliphatic rings. The summed E-state index contributed by atoms with van der Waals surface area (Å²) in [4.78, 5) is 0. The van der Waals surface area contributed by atoms with Crippen molar-refractivity contribution in [2.45, 2.75) is 148 Å². The molecule has 27 heavy (non-hydrogen) atoms. The summed E-state index contributed by atoms with van der Waals surface area (Å²) in [6.45, 7) is 6.47. The Labute approximate surface area is 170 Å². The minimum atomic E-state index is -0.350. The standard InChI is InChI=1S/C24H51NO2/c1-4-5-6-7-8-9-10-11-12-13-14-15-16-17-18-19-20-24(23(3)27)25-21-22(2)26/h22-27H,4-21H2,1-3H3. The first-order chi connectivity index (χ1) is 13.1. The molecule has 3 nitrogen and oxygen atoms in total. The molecule has 0 aliphatic carbocycles. The fourth-order valence-corrected chi connectivity index (χ4v) is 3.75. The number of unbranched alkanes of at least 4 members (excludes halogenated alkanes) is 15. The molecule has 0 aliphatic heterocycles. The maximum Gasteiger partial charge on any atom is 0.0665 e. The molecule has 0 aromatic rings. The highest BCUT2D eigenvalue weighted by Gasteiger charge is 2.14. The summed E-state index contributed by atoms with van der Waals surface area (Å²) in [5, 5.41) is 22.4. The van der Waals surface area contributed by atoms with E-state index in [0.717, 1.165) is 6.42 Å². The van der Waals surface area contributed by atoms with Gasteiger partial charge in [0.2, 0.25) is 0 Å². The lowest BCUT2D eigenvalue weighted by Crippen LogP contribution is -2.41. The number of rotatable bonds is 21. The second kappa shape index (κ2) is 20.6. The van der Waals surface area contributed by atoms with Gasteiger partial charge in [0.1, 0.15) is 0 Å². The van der Waals surface area contributed by atoms with Crippen LogP contribution in [0.3, 0.4) is 0 Å². The maximum atomic E-state index is 9.81. The number of hydrogen-bond donors (Lipinski definition) is 3. The quantitative estimate of drug-likeness (QED) is 0.202. The fraction of sp³-hybridized carbons (Fsp3) is 1.00. The van der Waals surface area contributed by atoms with E-state index in [1.807, 2.05) is 6.92 Å².